The second-order valence-corrected chi connectivity index (χ2v) is 3.30. The van der Waals surface area contributed by atoms with Crippen LogP contribution in [0.15, 0.2) is 12.7 Å². The molecule has 1 unspecified atom stereocenters. The minimum Gasteiger partial charge on any atom is -0.464 e. The summed E-state index contributed by atoms with van der Waals surface area (Å²) in [5.41, 5.74) is 0. The highest BCUT2D eigenvalue weighted by molar-refractivity contribution is 5.83. The molecule has 0 heterocycles. The molecular formula is C11H19NO3. The van der Waals surface area contributed by atoms with Crippen LogP contribution < -0.4 is 5.32 Å². The Morgan fingerprint density at radius 2 is 2.20 bits per heavy atom. The molecule has 1 atom stereocenters. The van der Waals surface area contributed by atoms with Gasteiger partial charge in [-0.2, -0.15) is 0 Å². The summed E-state index contributed by atoms with van der Waals surface area (Å²) < 4.78 is 5.00. The van der Waals surface area contributed by atoms with Crippen molar-refractivity contribution in [2.45, 2.75) is 39.2 Å². The molecule has 0 aromatic carbocycles. The van der Waals surface area contributed by atoms with Crippen molar-refractivity contribution in [1.29, 1.82) is 0 Å². The van der Waals surface area contributed by atoms with Crippen molar-refractivity contribution in [2.75, 3.05) is 6.61 Å². The van der Waals surface area contributed by atoms with Gasteiger partial charge in [0.05, 0.1) is 6.61 Å². The van der Waals surface area contributed by atoms with E-state index in [0.29, 0.717) is 13.0 Å². The molecule has 0 aromatic heterocycles. The van der Waals surface area contributed by atoms with Crippen LogP contribution >= 0.6 is 0 Å². The topological polar surface area (TPSA) is 55.4 Å². The second kappa shape index (κ2) is 8.03. The number of carbonyl (C=O) groups is 2. The first kappa shape index (κ1) is 13.7. The summed E-state index contributed by atoms with van der Waals surface area (Å²) in [6, 6.07) is -0.600. The molecule has 1 N–H and O–H groups in total. The van der Waals surface area contributed by atoms with Gasteiger partial charge in [0.15, 0.2) is 0 Å². The zero-order chi connectivity index (χ0) is 11.7. The highest BCUT2D eigenvalue weighted by atomic mass is 16.5. The average Bonchev–Trinajstić information content (AvgIpc) is 2.17. The highest BCUT2D eigenvalue weighted by Gasteiger charge is 2.18. The molecule has 4 heteroatoms. The van der Waals surface area contributed by atoms with Gasteiger partial charge in [0.2, 0.25) is 5.91 Å². The van der Waals surface area contributed by atoms with Crippen molar-refractivity contribution < 1.29 is 14.3 Å². The SMILES string of the molecule is C=CCC(NC(C)=O)C(=O)OCCCC. The van der Waals surface area contributed by atoms with E-state index in [1.807, 2.05) is 6.92 Å². The molecule has 1 amide bonds. The molecule has 86 valence electrons. The van der Waals surface area contributed by atoms with Crippen LogP contribution in [0.3, 0.4) is 0 Å². The predicted molar refractivity (Wildman–Crippen MR) is 58.3 cm³/mol. The van der Waals surface area contributed by atoms with E-state index >= 15 is 0 Å². The summed E-state index contributed by atoms with van der Waals surface area (Å²) in [5, 5.41) is 2.52. The quantitative estimate of drug-likeness (QED) is 0.395. The Kier molecular flexibility index (Phi) is 7.32. The van der Waals surface area contributed by atoms with E-state index in [4.69, 9.17) is 4.74 Å². The third-order valence-electron chi connectivity index (χ3n) is 1.81. The number of ether oxygens (including phenoxy) is 1. The van der Waals surface area contributed by atoms with Crippen LogP contribution in [0.1, 0.15) is 33.1 Å². The van der Waals surface area contributed by atoms with Crippen LogP contribution in [-0.4, -0.2) is 24.5 Å². The molecule has 15 heavy (non-hydrogen) atoms. The van der Waals surface area contributed by atoms with Crippen LogP contribution in [-0.2, 0) is 14.3 Å². The monoisotopic (exact) mass is 213 g/mol. The third-order valence-corrected chi connectivity index (χ3v) is 1.81. The van der Waals surface area contributed by atoms with Gasteiger partial charge in [-0.05, 0) is 12.8 Å². The van der Waals surface area contributed by atoms with Crippen molar-refractivity contribution in [2.24, 2.45) is 0 Å². The van der Waals surface area contributed by atoms with Gasteiger partial charge in [-0.15, -0.1) is 6.58 Å². The molecule has 0 fully saturated rings. The maximum absolute atomic E-state index is 11.5. The number of hydrogen-bond donors (Lipinski definition) is 1. The average molecular weight is 213 g/mol. The fourth-order valence-electron chi connectivity index (χ4n) is 1.04. The number of unbranched alkanes of at least 4 members (excludes halogenated alkanes) is 1. The van der Waals surface area contributed by atoms with Crippen molar-refractivity contribution in [3.8, 4) is 0 Å². The van der Waals surface area contributed by atoms with E-state index in [2.05, 4.69) is 11.9 Å². The summed E-state index contributed by atoms with van der Waals surface area (Å²) in [4.78, 5) is 22.3. The zero-order valence-electron chi connectivity index (χ0n) is 9.41. The zero-order valence-corrected chi connectivity index (χ0v) is 9.41. The molecule has 0 spiro atoms. The number of rotatable bonds is 7. The van der Waals surface area contributed by atoms with E-state index in [-0.39, 0.29) is 5.91 Å². The minimum atomic E-state index is -0.600. The highest BCUT2D eigenvalue weighted by Crippen LogP contribution is 1.98. The van der Waals surface area contributed by atoms with E-state index < -0.39 is 12.0 Å². The maximum Gasteiger partial charge on any atom is 0.328 e. The molecule has 0 saturated heterocycles. The van der Waals surface area contributed by atoms with Crippen LogP contribution in [0, 0.1) is 0 Å². The number of carbonyl (C=O) groups excluding carboxylic acids is 2. The van der Waals surface area contributed by atoms with Crippen molar-refractivity contribution in [3.63, 3.8) is 0 Å². The Balaban J connectivity index is 4.03. The predicted octanol–water partition coefficient (Wildman–Crippen LogP) is 1.41. The number of amides is 1. The first-order valence-corrected chi connectivity index (χ1v) is 5.16. The smallest absolute Gasteiger partial charge is 0.328 e. The van der Waals surface area contributed by atoms with Gasteiger partial charge in [0.25, 0.3) is 0 Å². The number of esters is 1. The molecule has 0 bridgehead atoms. The van der Waals surface area contributed by atoms with Gasteiger partial charge in [-0.1, -0.05) is 19.4 Å². The van der Waals surface area contributed by atoms with Gasteiger partial charge in [-0.25, -0.2) is 4.79 Å². The summed E-state index contributed by atoms with van der Waals surface area (Å²) in [7, 11) is 0. The first-order valence-electron chi connectivity index (χ1n) is 5.16. The van der Waals surface area contributed by atoms with Crippen LogP contribution in [0.5, 0.6) is 0 Å². The van der Waals surface area contributed by atoms with E-state index in [0.717, 1.165) is 12.8 Å². The first-order chi connectivity index (χ1) is 7.11. The van der Waals surface area contributed by atoms with Crippen LogP contribution in [0.4, 0.5) is 0 Å². The Bertz CT molecular complexity index is 226. The molecule has 0 radical (unpaired) electrons. The molecule has 0 rings (SSSR count). The molecule has 0 saturated carbocycles. The molecule has 4 nitrogen and oxygen atoms in total. The summed E-state index contributed by atoms with van der Waals surface area (Å²) >= 11 is 0. The lowest BCUT2D eigenvalue weighted by molar-refractivity contribution is -0.147. The fraction of sp³-hybridized carbons (Fsp3) is 0.636. The van der Waals surface area contributed by atoms with Crippen molar-refractivity contribution >= 4 is 11.9 Å². The van der Waals surface area contributed by atoms with E-state index in [1.165, 1.54) is 6.92 Å². The Labute approximate surface area is 90.7 Å². The van der Waals surface area contributed by atoms with Gasteiger partial charge >= 0.3 is 5.97 Å². The van der Waals surface area contributed by atoms with Gasteiger partial charge < -0.3 is 10.1 Å². The van der Waals surface area contributed by atoms with E-state index in [9.17, 15) is 9.59 Å². The molecule has 0 aliphatic rings. The normalized spacial score (nSPS) is 11.6. The lowest BCUT2D eigenvalue weighted by Crippen LogP contribution is -2.40. The lowest BCUT2D eigenvalue weighted by Gasteiger charge is -2.14. The van der Waals surface area contributed by atoms with Crippen LogP contribution in [0.2, 0.25) is 0 Å². The summed E-state index contributed by atoms with van der Waals surface area (Å²) in [5.74, 6) is -0.632. The lowest BCUT2D eigenvalue weighted by atomic mass is 10.2. The van der Waals surface area contributed by atoms with Gasteiger partial charge in [0, 0.05) is 6.92 Å². The van der Waals surface area contributed by atoms with Gasteiger partial charge in [0.1, 0.15) is 6.04 Å². The number of hydrogen-bond acceptors (Lipinski definition) is 3. The van der Waals surface area contributed by atoms with Crippen molar-refractivity contribution in [3.05, 3.63) is 12.7 Å². The Morgan fingerprint density at radius 1 is 1.53 bits per heavy atom. The summed E-state index contributed by atoms with van der Waals surface area (Å²) in [6.07, 6.45) is 3.79. The molecule has 0 aliphatic carbocycles. The summed E-state index contributed by atoms with van der Waals surface area (Å²) in [6.45, 7) is 7.32. The Hall–Kier alpha value is -1.32. The van der Waals surface area contributed by atoms with Crippen molar-refractivity contribution in [1.82, 2.24) is 5.32 Å². The number of nitrogens with one attached hydrogen (secondary N) is 1. The molecule has 0 aromatic rings. The maximum atomic E-state index is 11.5. The molecule has 0 aliphatic heterocycles. The largest absolute Gasteiger partial charge is 0.464 e. The third kappa shape index (κ3) is 6.71. The van der Waals surface area contributed by atoms with E-state index in [1.54, 1.807) is 6.08 Å². The van der Waals surface area contributed by atoms with Crippen LogP contribution in [0.25, 0.3) is 0 Å². The fourth-order valence-corrected chi connectivity index (χ4v) is 1.04. The standard InChI is InChI=1S/C11H19NO3/c1-4-6-8-15-11(14)10(7-5-2)12-9(3)13/h5,10H,2,4,6-8H2,1,3H3,(H,12,13). The second-order valence-electron chi connectivity index (χ2n) is 3.30. The Morgan fingerprint density at radius 3 is 2.67 bits per heavy atom. The molecular weight excluding hydrogens is 194 g/mol. The van der Waals surface area contributed by atoms with Gasteiger partial charge in [-0.3, -0.25) is 4.79 Å². The minimum absolute atomic E-state index is 0.241.